The summed E-state index contributed by atoms with van der Waals surface area (Å²) in [5, 5.41) is 12.2. The number of carbonyl (C=O) groups excluding carboxylic acids is 1. The number of hydrogen-bond donors (Lipinski definition) is 2. The number of carbonyl (C=O) groups is 1. The van der Waals surface area contributed by atoms with Crippen LogP contribution in [0.5, 0.6) is 0 Å². The van der Waals surface area contributed by atoms with Gasteiger partial charge in [0.15, 0.2) is 0 Å². The molecular weight excluding hydrogens is 220 g/mol. The van der Waals surface area contributed by atoms with Crippen LogP contribution in [0.4, 0.5) is 0 Å². The molecule has 1 fully saturated rings. The Bertz CT molecular complexity index is 232. The molecule has 0 aromatic rings. The van der Waals surface area contributed by atoms with Gasteiger partial charge in [0.05, 0.1) is 32.4 Å². The normalized spacial score (nSPS) is 21.8. The highest BCUT2D eigenvalue weighted by Gasteiger charge is 2.24. The fraction of sp³-hybridized carbons (Fsp3) is 0.917. The van der Waals surface area contributed by atoms with E-state index in [0.29, 0.717) is 26.3 Å². The van der Waals surface area contributed by atoms with Crippen molar-refractivity contribution >= 4 is 5.91 Å². The minimum atomic E-state index is -0.0452. The number of amides is 1. The molecule has 0 aromatic carbocycles. The third-order valence-corrected chi connectivity index (χ3v) is 3.26. The van der Waals surface area contributed by atoms with Crippen molar-refractivity contribution in [2.75, 3.05) is 32.9 Å². The molecule has 0 bridgehead atoms. The van der Waals surface area contributed by atoms with Crippen molar-refractivity contribution < 1.29 is 14.6 Å². The highest BCUT2D eigenvalue weighted by molar-refractivity contribution is 5.78. The predicted molar refractivity (Wildman–Crippen MR) is 65.8 cm³/mol. The molecule has 17 heavy (non-hydrogen) atoms. The summed E-state index contributed by atoms with van der Waals surface area (Å²) in [5.41, 5.74) is 0. The Morgan fingerprint density at radius 2 is 2.24 bits per heavy atom. The van der Waals surface area contributed by atoms with Gasteiger partial charge < -0.3 is 15.2 Å². The molecule has 0 spiro atoms. The van der Waals surface area contributed by atoms with E-state index in [1.807, 2.05) is 4.90 Å². The van der Waals surface area contributed by atoms with Gasteiger partial charge in [0.25, 0.3) is 0 Å². The Morgan fingerprint density at radius 1 is 1.53 bits per heavy atom. The van der Waals surface area contributed by atoms with Gasteiger partial charge in [-0.2, -0.15) is 0 Å². The third-order valence-electron chi connectivity index (χ3n) is 3.26. The number of morpholine rings is 1. The molecule has 1 aliphatic heterocycles. The number of nitrogens with one attached hydrogen (secondary N) is 1. The largest absolute Gasteiger partial charge is 0.395 e. The molecule has 1 aliphatic rings. The maximum atomic E-state index is 11.8. The van der Waals surface area contributed by atoms with Gasteiger partial charge in [0, 0.05) is 12.6 Å². The van der Waals surface area contributed by atoms with Crippen molar-refractivity contribution in [1.29, 1.82) is 0 Å². The molecule has 1 heterocycles. The number of hydrogen-bond acceptors (Lipinski definition) is 4. The summed E-state index contributed by atoms with van der Waals surface area (Å²) >= 11 is 0. The minimum absolute atomic E-state index is 0.0399. The predicted octanol–water partition coefficient (Wildman–Crippen LogP) is -0.0157. The zero-order chi connectivity index (χ0) is 12.7. The summed E-state index contributed by atoms with van der Waals surface area (Å²) in [5.74, 6) is 0.0408. The Balaban J connectivity index is 2.38. The van der Waals surface area contributed by atoms with Gasteiger partial charge in [-0.3, -0.25) is 9.69 Å². The van der Waals surface area contributed by atoms with Gasteiger partial charge in [-0.1, -0.05) is 13.8 Å². The molecule has 1 saturated heterocycles. The molecule has 100 valence electrons. The second kappa shape index (κ2) is 7.63. The van der Waals surface area contributed by atoms with Crippen LogP contribution in [0.15, 0.2) is 0 Å². The van der Waals surface area contributed by atoms with Crippen LogP contribution in [0.1, 0.15) is 26.7 Å². The van der Waals surface area contributed by atoms with Crippen molar-refractivity contribution in [3.8, 4) is 0 Å². The van der Waals surface area contributed by atoms with Crippen LogP contribution in [-0.2, 0) is 9.53 Å². The van der Waals surface area contributed by atoms with E-state index >= 15 is 0 Å². The van der Waals surface area contributed by atoms with Crippen LogP contribution in [-0.4, -0.2) is 60.9 Å². The first-order chi connectivity index (χ1) is 8.21. The average molecular weight is 244 g/mol. The van der Waals surface area contributed by atoms with Crippen molar-refractivity contribution in [3.63, 3.8) is 0 Å². The monoisotopic (exact) mass is 244 g/mol. The fourth-order valence-corrected chi connectivity index (χ4v) is 2.02. The maximum absolute atomic E-state index is 11.8. The standard InChI is InChI=1S/C12H24N2O3/c1-3-10(4-2)13-12(16)7-14-5-6-17-9-11(14)8-15/h10-11,15H,3-9H2,1-2H3,(H,13,16). The van der Waals surface area contributed by atoms with E-state index in [1.54, 1.807) is 0 Å². The molecule has 1 unspecified atom stereocenters. The Hall–Kier alpha value is -0.650. The SMILES string of the molecule is CCC(CC)NC(=O)CN1CCOCC1CO. The summed E-state index contributed by atoms with van der Waals surface area (Å²) in [6, 6.07) is 0.215. The van der Waals surface area contributed by atoms with E-state index in [0.717, 1.165) is 12.8 Å². The lowest BCUT2D eigenvalue weighted by atomic mass is 10.1. The van der Waals surface area contributed by atoms with Crippen molar-refractivity contribution in [2.45, 2.75) is 38.8 Å². The van der Waals surface area contributed by atoms with Gasteiger partial charge >= 0.3 is 0 Å². The second-order valence-electron chi connectivity index (χ2n) is 4.46. The van der Waals surface area contributed by atoms with E-state index in [1.165, 1.54) is 0 Å². The first-order valence-electron chi connectivity index (χ1n) is 6.43. The maximum Gasteiger partial charge on any atom is 0.234 e. The van der Waals surface area contributed by atoms with Gasteiger partial charge in [0.2, 0.25) is 5.91 Å². The number of rotatable bonds is 6. The topological polar surface area (TPSA) is 61.8 Å². The fourth-order valence-electron chi connectivity index (χ4n) is 2.02. The first-order valence-corrected chi connectivity index (χ1v) is 6.43. The first kappa shape index (κ1) is 14.4. The number of nitrogens with zero attached hydrogens (tertiary/aromatic N) is 1. The Morgan fingerprint density at radius 3 is 2.82 bits per heavy atom. The van der Waals surface area contributed by atoms with E-state index in [-0.39, 0.29) is 24.6 Å². The minimum Gasteiger partial charge on any atom is -0.395 e. The Kier molecular flexibility index (Phi) is 6.47. The van der Waals surface area contributed by atoms with E-state index in [2.05, 4.69) is 19.2 Å². The van der Waals surface area contributed by atoms with Crippen LogP contribution in [0.25, 0.3) is 0 Å². The van der Waals surface area contributed by atoms with E-state index < -0.39 is 0 Å². The molecule has 0 radical (unpaired) electrons. The van der Waals surface area contributed by atoms with Gasteiger partial charge in [-0.05, 0) is 12.8 Å². The van der Waals surface area contributed by atoms with Crippen molar-refractivity contribution in [3.05, 3.63) is 0 Å². The van der Waals surface area contributed by atoms with Crippen LogP contribution in [0.2, 0.25) is 0 Å². The quantitative estimate of drug-likeness (QED) is 0.689. The van der Waals surface area contributed by atoms with Crippen LogP contribution >= 0.6 is 0 Å². The number of ether oxygens (including phenoxy) is 1. The van der Waals surface area contributed by atoms with Crippen LogP contribution in [0.3, 0.4) is 0 Å². The lowest BCUT2D eigenvalue weighted by molar-refractivity contribution is -0.126. The molecule has 1 atom stereocenters. The van der Waals surface area contributed by atoms with E-state index in [4.69, 9.17) is 4.74 Å². The van der Waals surface area contributed by atoms with Gasteiger partial charge in [0.1, 0.15) is 0 Å². The molecule has 2 N–H and O–H groups in total. The smallest absolute Gasteiger partial charge is 0.234 e. The molecule has 0 aromatic heterocycles. The Labute approximate surface area is 103 Å². The van der Waals surface area contributed by atoms with Crippen molar-refractivity contribution in [2.24, 2.45) is 0 Å². The number of aliphatic hydroxyl groups is 1. The summed E-state index contributed by atoms with van der Waals surface area (Å²) in [4.78, 5) is 13.8. The molecule has 0 aliphatic carbocycles. The molecule has 5 heteroatoms. The summed E-state index contributed by atoms with van der Waals surface area (Å²) < 4.78 is 5.27. The van der Waals surface area contributed by atoms with E-state index in [9.17, 15) is 9.90 Å². The summed E-state index contributed by atoms with van der Waals surface area (Å²) in [7, 11) is 0. The second-order valence-corrected chi connectivity index (χ2v) is 4.46. The molecule has 1 amide bonds. The molecule has 1 rings (SSSR count). The summed E-state index contributed by atoms with van der Waals surface area (Å²) in [6.07, 6.45) is 1.91. The highest BCUT2D eigenvalue weighted by Crippen LogP contribution is 2.06. The molecule has 5 nitrogen and oxygen atoms in total. The molecule has 0 saturated carbocycles. The lowest BCUT2D eigenvalue weighted by Crippen LogP contribution is -2.52. The summed E-state index contributed by atoms with van der Waals surface area (Å²) in [6.45, 7) is 6.38. The van der Waals surface area contributed by atoms with Gasteiger partial charge in [-0.15, -0.1) is 0 Å². The van der Waals surface area contributed by atoms with Crippen LogP contribution in [0, 0.1) is 0 Å². The highest BCUT2D eigenvalue weighted by atomic mass is 16.5. The lowest BCUT2D eigenvalue weighted by Gasteiger charge is -2.34. The zero-order valence-electron chi connectivity index (χ0n) is 10.8. The average Bonchev–Trinajstić information content (AvgIpc) is 2.36. The van der Waals surface area contributed by atoms with Gasteiger partial charge in [-0.25, -0.2) is 0 Å². The molecular formula is C12H24N2O3. The van der Waals surface area contributed by atoms with Crippen LogP contribution < -0.4 is 5.32 Å². The third kappa shape index (κ3) is 4.61. The van der Waals surface area contributed by atoms with Crippen molar-refractivity contribution in [1.82, 2.24) is 10.2 Å². The zero-order valence-corrected chi connectivity index (χ0v) is 10.8. The number of aliphatic hydroxyl groups excluding tert-OH is 1.